The lowest BCUT2D eigenvalue weighted by Crippen LogP contribution is -2.58. The van der Waals surface area contributed by atoms with Gasteiger partial charge in [-0.15, -0.1) is 0 Å². The summed E-state index contributed by atoms with van der Waals surface area (Å²) in [7, 11) is 0. The van der Waals surface area contributed by atoms with Crippen LogP contribution in [0.25, 0.3) is 0 Å². The van der Waals surface area contributed by atoms with E-state index in [-0.39, 0.29) is 19.0 Å². The van der Waals surface area contributed by atoms with E-state index in [0.717, 1.165) is 11.3 Å². The number of ether oxygens (including phenoxy) is 1. The van der Waals surface area contributed by atoms with Gasteiger partial charge in [0.1, 0.15) is 4.92 Å². The van der Waals surface area contributed by atoms with Gasteiger partial charge in [0, 0.05) is 17.3 Å². The summed E-state index contributed by atoms with van der Waals surface area (Å²) in [5.41, 5.74) is 0.0873. The fraction of sp³-hybridized carbons (Fsp3) is 0.375. The number of rotatable bonds is 3. The maximum Gasteiger partial charge on any atom is 0.430 e. The summed E-state index contributed by atoms with van der Waals surface area (Å²) >= 11 is 6.14. The molecule has 0 radical (unpaired) electrons. The second-order valence-electron chi connectivity index (χ2n) is 6.08. The van der Waals surface area contributed by atoms with Gasteiger partial charge in [-0.25, -0.2) is 0 Å². The van der Waals surface area contributed by atoms with Gasteiger partial charge in [0.2, 0.25) is 5.72 Å². The molecular weight excluding hydrogens is 320 g/mol. The number of aliphatic hydroxyl groups excluding tert-OH is 1. The predicted molar refractivity (Wildman–Crippen MR) is 86.9 cm³/mol. The zero-order chi connectivity index (χ0) is 16.8. The molecule has 1 aromatic rings. The van der Waals surface area contributed by atoms with Gasteiger partial charge in [0.05, 0.1) is 18.1 Å². The molecule has 0 amide bonds. The normalized spacial score (nSPS) is 24.3. The highest BCUT2D eigenvalue weighted by atomic mass is 35.5. The zero-order valence-corrected chi connectivity index (χ0v) is 13.6. The van der Waals surface area contributed by atoms with E-state index < -0.39 is 16.1 Å². The van der Waals surface area contributed by atoms with Crippen LogP contribution >= 0.6 is 11.6 Å². The molecule has 0 bridgehead atoms. The fourth-order valence-electron chi connectivity index (χ4n) is 3.41. The highest BCUT2D eigenvalue weighted by molar-refractivity contribution is 6.30. The molecular formula is C16H17ClN2O4. The Balaban J connectivity index is 2.19. The van der Waals surface area contributed by atoms with E-state index in [4.69, 9.17) is 16.3 Å². The molecule has 0 saturated carbocycles. The van der Waals surface area contributed by atoms with Gasteiger partial charge in [-0.1, -0.05) is 11.6 Å². The molecule has 6 nitrogen and oxygen atoms in total. The van der Waals surface area contributed by atoms with E-state index in [0.29, 0.717) is 5.02 Å². The molecule has 2 aliphatic rings. The van der Waals surface area contributed by atoms with Crippen molar-refractivity contribution in [1.82, 2.24) is 0 Å². The van der Waals surface area contributed by atoms with Crippen molar-refractivity contribution in [1.29, 1.82) is 0 Å². The van der Waals surface area contributed by atoms with Gasteiger partial charge in [0.15, 0.2) is 0 Å². The van der Waals surface area contributed by atoms with E-state index in [1.54, 1.807) is 18.2 Å². The molecule has 0 aliphatic carbocycles. The maximum atomic E-state index is 11.2. The van der Waals surface area contributed by atoms with Crippen molar-refractivity contribution in [2.75, 3.05) is 18.1 Å². The lowest BCUT2D eigenvalue weighted by atomic mass is 9.77. The summed E-state index contributed by atoms with van der Waals surface area (Å²) in [6.45, 7) is 4.08. The smallest absolute Gasteiger partial charge is 0.409 e. The molecule has 2 aliphatic heterocycles. The number of fused-ring (bicyclic) bond motifs is 1. The number of nitro groups is 1. The molecule has 1 aromatic carbocycles. The third kappa shape index (κ3) is 2.13. The Hall–Kier alpha value is -2.05. The van der Waals surface area contributed by atoms with Crippen molar-refractivity contribution in [3.63, 3.8) is 0 Å². The maximum absolute atomic E-state index is 11.2. The van der Waals surface area contributed by atoms with Crippen molar-refractivity contribution in [2.24, 2.45) is 0 Å². The third-order valence-electron chi connectivity index (χ3n) is 4.54. The number of aliphatic hydroxyl groups is 1. The molecule has 2 heterocycles. The van der Waals surface area contributed by atoms with Crippen molar-refractivity contribution in [3.05, 3.63) is 63.0 Å². The summed E-state index contributed by atoms with van der Waals surface area (Å²) in [4.78, 5) is 12.5. The van der Waals surface area contributed by atoms with Gasteiger partial charge in [-0.2, -0.15) is 0 Å². The summed E-state index contributed by atoms with van der Waals surface area (Å²) in [6.07, 6.45) is 4.75. The summed E-state index contributed by atoms with van der Waals surface area (Å²) < 4.78 is 5.85. The molecule has 1 atom stereocenters. The number of anilines is 1. The monoisotopic (exact) mass is 336 g/mol. The van der Waals surface area contributed by atoms with Crippen LogP contribution in [0.1, 0.15) is 19.4 Å². The van der Waals surface area contributed by atoms with E-state index in [1.807, 2.05) is 30.9 Å². The average Bonchev–Trinajstić information content (AvgIpc) is 2.67. The molecule has 23 heavy (non-hydrogen) atoms. The number of hydrogen-bond acceptors (Lipinski definition) is 5. The van der Waals surface area contributed by atoms with E-state index in [9.17, 15) is 15.2 Å². The summed E-state index contributed by atoms with van der Waals surface area (Å²) in [5.74, 6) is -0.317. The molecule has 3 rings (SSSR count). The van der Waals surface area contributed by atoms with Crippen LogP contribution in [0.5, 0.6) is 0 Å². The first-order valence-electron chi connectivity index (χ1n) is 7.25. The second kappa shape index (κ2) is 5.25. The van der Waals surface area contributed by atoms with E-state index in [1.165, 1.54) is 6.08 Å². The Morgan fingerprint density at radius 2 is 2.17 bits per heavy atom. The van der Waals surface area contributed by atoms with Crippen LogP contribution in [-0.4, -0.2) is 28.9 Å². The third-order valence-corrected chi connectivity index (χ3v) is 4.78. The fourth-order valence-corrected chi connectivity index (χ4v) is 3.58. The van der Waals surface area contributed by atoms with E-state index >= 15 is 0 Å². The SMILES string of the molecule is CC1(C)c2cc(Cl)ccc2N(CCO)C12C=CC=C([N+](=O)[O-])O2. The lowest BCUT2D eigenvalue weighted by molar-refractivity contribution is -0.472. The van der Waals surface area contributed by atoms with Crippen LogP contribution in [0.3, 0.4) is 0 Å². The Kier molecular flexibility index (Phi) is 3.61. The molecule has 0 aromatic heterocycles. The van der Waals surface area contributed by atoms with Crippen LogP contribution in [0, 0.1) is 10.1 Å². The minimum Gasteiger partial charge on any atom is -0.409 e. The standard InChI is InChI=1S/C16H17ClN2O4/c1-15(2)12-10-11(17)5-6-13(12)18(8-9-20)16(15)7-3-4-14(23-16)19(21)22/h3-7,10,20H,8-9H2,1-2H3. The van der Waals surface area contributed by atoms with Crippen LogP contribution in [0.15, 0.2) is 42.3 Å². The molecule has 1 N–H and O–H groups in total. The molecule has 1 spiro atoms. The highest BCUT2D eigenvalue weighted by Gasteiger charge is 2.59. The van der Waals surface area contributed by atoms with Gasteiger partial charge >= 0.3 is 5.88 Å². The van der Waals surface area contributed by atoms with Crippen LogP contribution in [0.2, 0.25) is 5.02 Å². The first kappa shape index (κ1) is 15.8. The predicted octanol–water partition coefficient (Wildman–Crippen LogP) is 2.83. The Labute approximate surface area is 138 Å². The van der Waals surface area contributed by atoms with Gasteiger partial charge < -0.3 is 14.7 Å². The van der Waals surface area contributed by atoms with Crippen LogP contribution in [0.4, 0.5) is 5.69 Å². The number of hydrogen-bond donors (Lipinski definition) is 1. The summed E-state index contributed by atoms with van der Waals surface area (Å²) in [5, 5.41) is 21.2. The van der Waals surface area contributed by atoms with Gasteiger partial charge in [0.25, 0.3) is 0 Å². The number of β-amino-alcohol motifs (C(OH)–C–C–N with tert-alkyl or cyclic N) is 1. The Bertz CT molecular complexity index is 729. The quantitative estimate of drug-likeness (QED) is 0.678. The first-order chi connectivity index (χ1) is 10.8. The number of nitrogens with zero attached hydrogens (tertiary/aromatic N) is 2. The number of benzene rings is 1. The van der Waals surface area contributed by atoms with Gasteiger partial charge in [-0.05, 0) is 49.8 Å². The van der Waals surface area contributed by atoms with Crippen molar-refractivity contribution < 1.29 is 14.8 Å². The minimum atomic E-state index is -1.08. The number of halogens is 1. The Morgan fingerprint density at radius 1 is 1.43 bits per heavy atom. The van der Waals surface area contributed by atoms with Crippen molar-refractivity contribution in [3.8, 4) is 0 Å². The topological polar surface area (TPSA) is 75.8 Å². The molecule has 7 heteroatoms. The largest absolute Gasteiger partial charge is 0.430 e. The first-order valence-corrected chi connectivity index (χ1v) is 7.63. The zero-order valence-electron chi connectivity index (χ0n) is 12.8. The van der Waals surface area contributed by atoms with Crippen molar-refractivity contribution >= 4 is 17.3 Å². The Morgan fingerprint density at radius 3 is 2.83 bits per heavy atom. The molecule has 1 unspecified atom stereocenters. The average molecular weight is 337 g/mol. The highest BCUT2D eigenvalue weighted by Crippen LogP contribution is 2.54. The van der Waals surface area contributed by atoms with Gasteiger partial charge in [-0.3, -0.25) is 10.1 Å². The van der Waals surface area contributed by atoms with Crippen molar-refractivity contribution in [2.45, 2.75) is 25.0 Å². The van der Waals surface area contributed by atoms with Crippen LogP contribution in [-0.2, 0) is 10.2 Å². The van der Waals surface area contributed by atoms with E-state index in [2.05, 4.69) is 0 Å². The minimum absolute atomic E-state index is 0.103. The number of allylic oxidation sites excluding steroid dienone is 2. The summed E-state index contributed by atoms with van der Waals surface area (Å²) in [6, 6.07) is 5.46. The van der Waals surface area contributed by atoms with Crippen LogP contribution < -0.4 is 4.90 Å². The second-order valence-corrected chi connectivity index (χ2v) is 6.52. The molecule has 122 valence electrons. The lowest BCUT2D eigenvalue weighted by Gasteiger charge is -2.44. The molecule has 0 saturated heterocycles. The molecule has 0 fully saturated rings.